The number of hydrogen-bond acceptors (Lipinski definition) is 6. The average Bonchev–Trinajstić information content (AvgIpc) is 3.00. The van der Waals surface area contributed by atoms with Crippen molar-refractivity contribution in [2.24, 2.45) is 7.05 Å². The molecule has 0 saturated carbocycles. The van der Waals surface area contributed by atoms with E-state index in [1.54, 1.807) is 24.0 Å². The lowest BCUT2D eigenvalue weighted by Gasteiger charge is -2.31. The SMILES string of the molecule is CCN1CCC(c2ccc(Nc3ncc4cc(-c5ccc(-c6cccnc6C)cc5Cl)c(=O)n(C)c4n3)cc2)CC1. The van der Waals surface area contributed by atoms with Gasteiger partial charge in [-0.15, -0.1) is 0 Å². The first kappa shape index (κ1) is 27.1. The number of anilines is 2. The lowest BCUT2D eigenvalue weighted by molar-refractivity contribution is 0.222. The number of halogens is 1. The molecule has 0 spiro atoms. The molecular formula is C33H33ClN6O. The third-order valence-corrected chi connectivity index (χ3v) is 8.51. The molecule has 1 aliphatic rings. The minimum atomic E-state index is -0.173. The van der Waals surface area contributed by atoms with E-state index in [-0.39, 0.29) is 5.56 Å². The van der Waals surface area contributed by atoms with Gasteiger partial charge in [-0.3, -0.25) is 14.3 Å². The fraction of sp³-hybridized carbons (Fsp3) is 0.273. The predicted molar refractivity (Wildman–Crippen MR) is 167 cm³/mol. The molecule has 5 aromatic rings. The van der Waals surface area contributed by atoms with Crippen molar-refractivity contribution < 1.29 is 0 Å². The van der Waals surface area contributed by atoms with E-state index in [0.717, 1.165) is 47.5 Å². The molecule has 1 aliphatic heterocycles. The second kappa shape index (κ2) is 11.4. The Morgan fingerprint density at radius 3 is 2.46 bits per heavy atom. The molecule has 0 radical (unpaired) electrons. The third-order valence-electron chi connectivity index (χ3n) is 8.20. The standard InChI is InChI=1S/C33H33ClN6O/c1-4-40-16-13-23(14-17-40)22-7-10-26(11-8-22)37-33-36-20-25-18-29(32(41)39(3)31(25)38-33)28-12-9-24(19-30(28)34)27-6-5-15-35-21(27)2/h5-12,15,18-20,23H,4,13-14,16-17H2,1-3H3,(H,36,37,38). The van der Waals surface area contributed by atoms with Crippen LogP contribution in [0.3, 0.4) is 0 Å². The highest BCUT2D eigenvalue weighted by Crippen LogP contribution is 2.33. The molecule has 2 aromatic carbocycles. The van der Waals surface area contributed by atoms with Gasteiger partial charge < -0.3 is 10.2 Å². The van der Waals surface area contributed by atoms with Crippen LogP contribution >= 0.6 is 11.6 Å². The van der Waals surface area contributed by atoms with Gasteiger partial charge >= 0.3 is 0 Å². The van der Waals surface area contributed by atoms with Crippen LogP contribution in [-0.2, 0) is 7.05 Å². The molecule has 208 valence electrons. The molecule has 0 bridgehead atoms. The van der Waals surface area contributed by atoms with Crippen LogP contribution in [0.25, 0.3) is 33.3 Å². The molecule has 41 heavy (non-hydrogen) atoms. The van der Waals surface area contributed by atoms with E-state index in [0.29, 0.717) is 33.7 Å². The summed E-state index contributed by atoms with van der Waals surface area (Å²) in [5.74, 6) is 1.05. The van der Waals surface area contributed by atoms with Gasteiger partial charge in [-0.2, -0.15) is 4.98 Å². The van der Waals surface area contributed by atoms with Gasteiger partial charge in [-0.1, -0.05) is 48.9 Å². The van der Waals surface area contributed by atoms with Gasteiger partial charge in [0.15, 0.2) is 0 Å². The van der Waals surface area contributed by atoms with E-state index in [4.69, 9.17) is 11.6 Å². The van der Waals surface area contributed by atoms with E-state index in [1.165, 1.54) is 18.4 Å². The Balaban J connectivity index is 1.24. The van der Waals surface area contributed by atoms with Gasteiger partial charge in [0.1, 0.15) is 5.65 Å². The Morgan fingerprint density at radius 2 is 1.76 bits per heavy atom. The molecule has 7 nitrogen and oxygen atoms in total. The van der Waals surface area contributed by atoms with Gasteiger partial charge in [0.05, 0.1) is 0 Å². The van der Waals surface area contributed by atoms with Crippen molar-refractivity contribution in [1.29, 1.82) is 0 Å². The number of nitrogens with zero attached hydrogens (tertiary/aromatic N) is 5. The number of likely N-dealkylation sites (tertiary alicyclic amines) is 1. The Bertz CT molecular complexity index is 1770. The van der Waals surface area contributed by atoms with Gasteiger partial charge in [0.25, 0.3) is 5.56 Å². The van der Waals surface area contributed by atoms with Crippen molar-refractivity contribution in [3.63, 3.8) is 0 Å². The van der Waals surface area contributed by atoms with Crippen molar-refractivity contribution in [1.82, 2.24) is 24.4 Å². The molecule has 0 aliphatic carbocycles. The first-order valence-corrected chi connectivity index (χ1v) is 14.5. The summed E-state index contributed by atoms with van der Waals surface area (Å²) >= 11 is 6.72. The van der Waals surface area contributed by atoms with Gasteiger partial charge in [-0.05, 0) is 86.8 Å². The van der Waals surface area contributed by atoms with Crippen LogP contribution < -0.4 is 10.9 Å². The Labute approximate surface area is 244 Å². The summed E-state index contributed by atoms with van der Waals surface area (Å²) < 4.78 is 1.55. The van der Waals surface area contributed by atoms with E-state index in [1.807, 2.05) is 43.3 Å². The highest BCUT2D eigenvalue weighted by molar-refractivity contribution is 6.33. The lowest BCUT2D eigenvalue weighted by atomic mass is 9.89. The van der Waals surface area contributed by atoms with Crippen molar-refractivity contribution in [2.45, 2.75) is 32.6 Å². The third kappa shape index (κ3) is 5.47. The van der Waals surface area contributed by atoms with E-state index in [2.05, 4.69) is 56.4 Å². The molecule has 0 unspecified atom stereocenters. The van der Waals surface area contributed by atoms with Crippen molar-refractivity contribution in [3.8, 4) is 22.3 Å². The number of pyridine rings is 2. The second-order valence-electron chi connectivity index (χ2n) is 10.7. The smallest absolute Gasteiger partial charge is 0.259 e. The van der Waals surface area contributed by atoms with Crippen LogP contribution in [0.4, 0.5) is 11.6 Å². The van der Waals surface area contributed by atoms with Crippen LogP contribution in [0.2, 0.25) is 5.02 Å². The van der Waals surface area contributed by atoms with Crippen molar-refractivity contribution in [2.75, 3.05) is 25.0 Å². The lowest BCUT2D eigenvalue weighted by Crippen LogP contribution is -2.32. The molecule has 8 heteroatoms. The summed E-state index contributed by atoms with van der Waals surface area (Å²) in [5, 5.41) is 4.55. The zero-order chi connectivity index (χ0) is 28.5. The number of aromatic nitrogens is 4. The first-order chi connectivity index (χ1) is 19.9. The number of nitrogens with one attached hydrogen (secondary N) is 1. The molecular weight excluding hydrogens is 532 g/mol. The largest absolute Gasteiger partial charge is 0.324 e. The summed E-state index contributed by atoms with van der Waals surface area (Å²) in [6.07, 6.45) is 5.91. The number of aryl methyl sites for hydroxylation is 2. The number of benzene rings is 2. The normalized spacial score (nSPS) is 14.4. The van der Waals surface area contributed by atoms with E-state index < -0.39 is 0 Å². The van der Waals surface area contributed by atoms with Crippen LogP contribution in [0.15, 0.2) is 77.9 Å². The molecule has 3 aromatic heterocycles. The Kier molecular flexibility index (Phi) is 7.56. The predicted octanol–water partition coefficient (Wildman–Crippen LogP) is 6.96. The van der Waals surface area contributed by atoms with Gasteiger partial charge in [0.2, 0.25) is 5.95 Å². The van der Waals surface area contributed by atoms with Crippen molar-refractivity contribution >= 4 is 34.3 Å². The summed E-state index contributed by atoms with van der Waals surface area (Å²) in [6.45, 7) is 7.64. The quantitative estimate of drug-likeness (QED) is 0.240. The van der Waals surface area contributed by atoms with Crippen LogP contribution in [-0.4, -0.2) is 44.1 Å². The summed E-state index contributed by atoms with van der Waals surface area (Å²) in [4.78, 5) is 29.5. The molecule has 4 heterocycles. The van der Waals surface area contributed by atoms with E-state index in [9.17, 15) is 4.79 Å². The summed E-state index contributed by atoms with van der Waals surface area (Å²) in [6, 6.07) is 20.0. The molecule has 1 saturated heterocycles. The molecule has 0 atom stereocenters. The zero-order valence-electron chi connectivity index (χ0n) is 23.6. The molecule has 1 fully saturated rings. The summed E-state index contributed by atoms with van der Waals surface area (Å²) in [7, 11) is 1.73. The second-order valence-corrected chi connectivity index (χ2v) is 11.1. The number of rotatable bonds is 6. The van der Waals surface area contributed by atoms with Gasteiger partial charge in [0, 0.05) is 57.9 Å². The topological polar surface area (TPSA) is 75.9 Å². The minimum absolute atomic E-state index is 0.173. The van der Waals surface area contributed by atoms with Crippen LogP contribution in [0.1, 0.15) is 36.9 Å². The maximum Gasteiger partial charge on any atom is 0.259 e. The number of piperidine rings is 1. The molecule has 1 N–H and O–H groups in total. The van der Waals surface area contributed by atoms with Crippen LogP contribution in [0, 0.1) is 6.92 Å². The van der Waals surface area contributed by atoms with Crippen LogP contribution in [0.5, 0.6) is 0 Å². The maximum atomic E-state index is 13.5. The van der Waals surface area contributed by atoms with Gasteiger partial charge in [-0.25, -0.2) is 4.98 Å². The number of hydrogen-bond donors (Lipinski definition) is 1. The summed E-state index contributed by atoms with van der Waals surface area (Å²) in [5.41, 5.74) is 6.72. The monoisotopic (exact) mass is 564 g/mol. The van der Waals surface area contributed by atoms with E-state index >= 15 is 0 Å². The average molecular weight is 565 g/mol. The van der Waals surface area contributed by atoms with Crippen molar-refractivity contribution in [3.05, 3.63) is 99.7 Å². The fourth-order valence-corrected chi connectivity index (χ4v) is 6.02. The zero-order valence-corrected chi connectivity index (χ0v) is 24.3. The fourth-order valence-electron chi connectivity index (χ4n) is 5.74. The molecule has 0 amide bonds. The number of fused-ring (bicyclic) bond motifs is 1. The Morgan fingerprint density at radius 1 is 0.976 bits per heavy atom. The first-order valence-electron chi connectivity index (χ1n) is 14.1. The maximum absolute atomic E-state index is 13.5. The highest BCUT2D eigenvalue weighted by Gasteiger charge is 2.20. The minimum Gasteiger partial charge on any atom is -0.324 e. The Hall–Kier alpha value is -4.07. The molecule has 6 rings (SSSR count). The highest BCUT2D eigenvalue weighted by atomic mass is 35.5.